The molecule has 0 saturated heterocycles. The zero-order chi connectivity index (χ0) is 25.2. The van der Waals surface area contributed by atoms with Crippen molar-refractivity contribution in [3.8, 4) is 0 Å². The van der Waals surface area contributed by atoms with Crippen molar-refractivity contribution < 1.29 is 31.7 Å². The highest BCUT2D eigenvalue weighted by molar-refractivity contribution is 7.86. The van der Waals surface area contributed by atoms with Gasteiger partial charge in [0.25, 0.3) is 10.1 Å². The molecule has 0 radical (unpaired) electrons. The second-order valence-corrected chi connectivity index (χ2v) is 10.2. The van der Waals surface area contributed by atoms with Gasteiger partial charge in [0.2, 0.25) is 0 Å². The molecule has 9 nitrogen and oxygen atoms in total. The highest BCUT2D eigenvalue weighted by Crippen LogP contribution is 2.16. The van der Waals surface area contributed by atoms with Crippen LogP contribution in [-0.4, -0.2) is 45.4 Å². The van der Waals surface area contributed by atoms with E-state index >= 15 is 0 Å². The Hall–Kier alpha value is -3.11. The van der Waals surface area contributed by atoms with Crippen LogP contribution < -0.4 is 10.6 Å². The molecule has 0 spiro atoms. The first-order valence-corrected chi connectivity index (χ1v) is 12.3. The van der Waals surface area contributed by atoms with Crippen LogP contribution in [-0.2, 0) is 30.4 Å². The van der Waals surface area contributed by atoms with E-state index in [9.17, 15) is 18.0 Å². The minimum absolute atomic E-state index is 0.00476. The molecule has 1 unspecified atom stereocenters. The van der Waals surface area contributed by atoms with Crippen LogP contribution in [0.4, 0.5) is 9.59 Å². The van der Waals surface area contributed by atoms with Crippen LogP contribution in [0.3, 0.4) is 0 Å². The second-order valence-electron chi connectivity index (χ2n) is 8.65. The number of alkyl carbamates (subject to hydrolysis) is 2. The Balaban J connectivity index is 1.97. The van der Waals surface area contributed by atoms with Gasteiger partial charge in [-0.1, -0.05) is 48.0 Å². The lowest BCUT2D eigenvalue weighted by Gasteiger charge is -2.21. The Bertz CT molecular complexity index is 1030. The molecule has 2 rings (SSSR count). The predicted octanol–water partition coefficient (Wildman–Crippen LogP) is 3.91. The van der Waals surface area contributed by atoms with Gasteiger partial charge in [0.15, 0.2) is 0 Å². The van der Waals surface area contributed by atoms with Crippen LogP contribution in [0, 0.1) is 6.92 Å². The van der Waals surface area contributed by atoms with E-state index in [0.717, 1.165) is 11.1 Å². The summed E-state index contributed by atoms with van der Waals surface area (Å²) in [6, 6.07) is 15.4. The lowest BCUT2D eigenvalue weighted by Crippen LogP contribution is -2.39. The minimum atomic E-state index is -4.09. The molecule has 2 amide bonds. The third kappa shape index (κ3) is 10.2. The maximum Gasteiger partial charge on any atom is 0.407 e. The van der Waals surface area contributed by atoms with Crippen LogP contribution in [0.25, 0.3) is 0 Å². The Morgan fingerprint density at radius 2 is 1.59 bits per heavy atom. The molecule has 2 aromatic carbocycles. The van der Waals surface area contributed by atoms with Gasteiger partial charge in [-0.25, -0.2) is 9.59 Å². The number of amides is 2. The summed E-state index contributed by atoms with van der Waals surface area (Å²) in [4.78, 5) is 24.0. The third-order valence-electron chi connectivity index (χ3n) is 4.39. The Morgan fingerprint density at radius 1 is 0.941 bits per heavy atom. The summed E-state index contributed by atoms with van der Waals surface area (Å²) in [6.45, 7) is 7.04. The van der Waals surface area contributed by atoms with Crippen molar-refractivity contribution in [3.05, 3.63) is 65.7 Å². The molecule has 0 aliphatic rings. The number of hydrogen-bond donors (Lipinski definition) is 2. The fourth-order valence-electron chi connectivity index (χ4n) is 2.74. The summed E-state index contributed by atoms with van der Waals surface area (Å²) in [5.74, 6) is 0. The lowest BCUT2D eigenvalue weighted by molar-refractivity contribution is 0.0520. The van der Waals surface area contributed by atoms with Crippen molar-refractivity contribution in [2.75, 3.05) is 13.1 Å². The standard InChI is InChI=1S/C24H32N2O7S/c1-18-10-12-21(13-11-18)34(29,30)33-20(14-15-25-23(28)32-24(2,3)4)16-26-22(27)31-17-19-8-6-5-7-9-19/h5-13,20H,14-17H2,1-4H3,(H,25,28)(H,26,27). The highest BCUT2D eigenvalue weighted by Gasteiger charge is 2.23. The van der Waals surface area contributed by atoms with E-state index < -0.39 is 34.0 Å². The Kier molecular flexibility index (Phi) is 9.88. The summed E-state index contributed by atoms with van der Waals surface area (Å²) in [7, 11) is -4.09. The van der Waals surface area contributed by atoms with Gasteiger partial charge in [0, 0.05) is 13.1 Å². The Morgan fingerprint density at radius 3 is 2.21 bits per heavy atom. The SMILES string of the molecule is Cc1ccc(S(=O)(=O)OC(CCNC(=O)OC(C)(C)C)CNC(=O)OCc2ccccc2)cc1. The van der Waals surface area contributed by atoms with Gasteiger partial charge in [-0.2, -0.15) is 8.42 Å². The molecule has 34 heavy (non-hydrogen) atoms. The summed E-state index contributed by atoms with van der Waals surface area (Å²) in [6.07, 6.45) is -2.21. The average molecular weight is 493 g/mol. The van der Waals surface area contributed by atoms with Crippen LogP contribution in [0.5, 0.6) is 0 Å². The van der Waals surface area contributed by atoms with Crippen molar-refractivity contribution in [1.82, 2.24) is 10.6 Å². The van der Waals surface area contributed by atoms with Gasteiger partial charge in [0.05, 0.1) is 11.0 Å². The van der Waals surface area contributed by atoms with Crippen molar-refractivity contribution in [2.45, 2.75) is 57.3 Å². The first kappa shape index (κ1) is 27.1. The van der Waals surface area contributed by atoms with E-state index in [1.54, 1.807) is 32.9 Å². The Labute approximate surface area is 200 Å². The van der Waals surface area contributed by atoms with Crippen LogP contribution in [0.1, 0.15) is 38.3 Å². The number of rotatable bonds is 10. The van der Waals surface area contributed by atoms with E-state index in [2.05, 4.69) is 10.6 Å². The molecular formula is C24H32N2O7S. The number of hydrogen-bond acceptors (Lipinski definition) is 7. The summed E-state index contributed by atoms with van der Waals surface area (Å²) >= 11 is 0. The van der Waals surface area contributed by atoms with Gasteiger partial charge < -0.3 is 20.1 Å². The molecule has 10 heteroatoms. The molecule has 2 aromatic rings. The molecule has 0 aliphatic heterocycles. The maximum absolute atomic E-state index is 12.7. The number of ether oxygens (including phenoxy) is 2. The van der Waals surface area contributed by atoms with Gasteiger partial charge in [-0.3, -0.25) is 4.18 Å². The van der Waals surface area contributed by atoms with Crippen LogP contribution >= 0.6 is 0 Å². The first-order chi connectivity index (χ1) is 15.9. The topological polar surface area (TPSA) is 120 Å². The number of aryl methyl sites for hydroxylation is 1. The van der Waals surface area contributed by atoms with E-state index in [1.807, 2.05) is 37.3 Å². The first-order valence-electron chi connectivity index (χ1n) is 10.9. The molecule has 0 fully saturated rings. The molecule has 0 aromatic heterocycles. The van der Waals surface area contributed by atoms with E-state index in [0.29, 0.717) is 0 Å². The highest BCUT2D eigenvalue weighted by atomic mass is 32.2. The van der Waals surface area contributed by atoms with E-state index in [-0.39, 0.29) is 31.0 Å². The normalized spacial score (nSPS) is 12.5. The van der Waals surface area contributed by atoms with Gasteiger partial charge in [-0.05, 0) is 51.8 Å². The zero-order valence-corrected chi connectivity index (χ0v) is 20.7. The van der Waals surface area contributed by atoms with E-state index in [1.165, 1.54) is 12.1 Å². The van der Waals surface area contributed by atoms with Crippen molar-refractivity contribution in [3.63, 3.8) is 0 Å². The molecular weight excluding hydrogens is 460 g/mol. The smallest absolute Gasteiger partial charge is 0.407 e. The maximum atomic E-state index is 12.7. The summed E-state index contributed by atoms with van der Waals surface area (Å²) < 4.78 is 41.1. The number of carbonyl (C=O) groups excluding carboxylic acids is 2. The van der Waals surface area contributed by atoms with Crippen molar-refractivity contribution in [2.24, 2.45) is 0 Å². The van der Waals surface area contributed by atoms with Gasteiger partial charge in [-0.15, -0.1) is 0 Å². The minimum Gasteiger partial charge on any atom is -0.445 e. The largest absolute Gasteiger partial charge is 0.445 e. The fraction of sp³-hybridized carbons (Fsp3) is 0.417. The number of nitrogens with one attached hydrogen (secondary N) is 2. The molecule has 2 N–H and O–H groups in total. The van der Waals surface area contributed by atoms with Crippen LogP contribution in [0.15, 0.2) is 59.5 Å². The molecule has 0 saturated carbocycles. The van der Waals surface area contributed by atoms with Gasteiger partial charge >= 0.3 is 12.2 Å². The molecule has 0 heterocycles. The summed E-state index contributed by atoms with van der Waals surface area (Å²) in [5.41, 5.74) is 1.05. The summed E-state index contributed by atoms with van der Waals surface area (Å²) in [5, 5.41) is 5.08. The third-order valence-corrected chi connectivity index (χ3v) is 5.77. The lowest BCUT2D eigenvalue weighted by atomic mass is 10.2. The monoisotopic (exact) mass is 492 g/mol. The average Bonchev–Trinajstić information content (AvgIpc) is 2.75. The predicted molar refractivity (Wildman–Crippen MR) is 127 cm³/mol. The molecule has 0 aliphatic carbocycles. The molecule has 0 bridgehead atoms. The molecule has 1 atom stereocenters. The van der Waals surface area contributed by atoms with E-state index in [4.69, 9.17) is 13.7 Å². The van der Waals surface area contributed by atoms with Crippen LogP contribution in [0.2, 0.25) is 0 Å². The number of benzene rings is 2. The second kappa shape index (κ2) is 12.4. The fourth-order valence-corrected chi connectivity index (χ4v) is 3.85. The number of carbonyl (C=O) groups is 2. The quantitative estimate of drug-likeness (QED) is 0.483. The van der Waals surface area contributed by atoms with Crippen molar-refractivity contribution in [1.29, 1.82) is 0 Å². The van der Waals surface area contributed by atoms with Gasteiger partial charge in [0.1, 0.15) is 12.2 Å². The van der Waals surface area contributed by atoms with Crippen molar-refractivity contribution >= 4 is 22.3 Å². The molecule has 186 valence electrons. The zero-order valence-electron chi connectivity index (χ0n) is 19.9.